The fraction of sp³-hybridized carbons (Fsp3) is 0.261. The van der Waals surface area contributed by atoms with Gasteiger partial charge in [0.05, 0.1) is 16.0 Å². The van der Waals surface area contributed by atoms with Crippen molar-refractivity contribution in [2.75, 3.05) is 11.9 Å². The minimum atomic E-state index is -0.575. The highest BCUT2D eigenvalue weighted by Gasteiger charge is 2.26. The van der Waals surface area contributed by atoms with Gasteiger partial charge >= 0.3 is 5.97 Å². The Morgan fingerprint density at radius 2 is 2.03 bits per heavy atom. The molecule has 31 heavy (non-hydrogen) atoms. The third kappa shape index (κ3) is 4.37. The zero-order valence-electron chi connectivity index (χ0n) is 17.0. The zero-order valence-corrected chi connectivity index (χ0v) is 17.0. The second kappa shape index (κ2) is 8.51. The molecule has 8 heteroatoms. The van der Waals surface area contributed by atoms with E-state index in [0.29, 0.717) is 16.9 Å². The first-order valence-corrected chi connectivity index (χ1v) is 10.0. The number of aryl methyl sites for hydroxylation is 1. The first-order chi connectivity index (χ1) is 14.9. The predicted molar refractivity (Wildman–Crippen MR) is 115 cm³/mol. The summed E-state index contributed by atoms with van der Waals surface area (Å²) < 4.78 is 5.34. The van der Waals surface area contributed by atoms with Gasteiger partial charge in [-0.25, -0.2) is 4.79 Å². The fourth-order valence-corrected chi connectivity index (χ4v) is 3.89. The van der Waals surface area contributed by atoms with Crippen LogP contribution in [-0.2, 0) is 22.4 Å². The van der Waals surface area contributed by atoms with Crippen LogP contribution in [0.4, 0.5) is 11.4 Å². The maximum Gasteiger partial charge on any atom is 0.339 e. The number of nitro groups is 1. The number of para-hydroxylation sites is 1. The van der Waals surface area contributed by atoms with E-state index in [4.69, 9.17) is 9.72 Å². The lowest BCUT2D eigenvalue weighted by Crippen LogP contribution is -2.23. The van der Waals surface area contributed by atoms with Crippen LogP contribution in [0.15, 0.2) is 48.5 Å². The number of nitrogens with one attached hydrogen (secondary N) is 1. The number of pyridine rings is 1. The van der Waals surface area contributed by atoms with Gasteiger partial charge in [0.1, 0.15) is 0 Å². The number of anilines is 1. The number of carbonyl (C=O) groups excluding carboxylic acids is 2. The first kappa shape index (κ1) is 20.5. The van der Waals surface area contributed by atoms with E-state index in [1.165, 1.54) is 24.3 Å². The van der Waals surface area contributed by atoms with E-state index < -0.39 is 23.4 Å². The normalized spacial score (nSPS) is 15.2. The van der Waals surface area contributed by atoms with Crippen molar-refractivity contribution in [1.29, 1.82) is 0 Å². The Balaban J connectivity index is 1.54. The van der Waals surface area contributed by atoms with Crippen LogP contribution in [0.3, 0.4) is 0 Å². The predicted octanol–water partition coefficient (Wildman–Crippen LogP) is 4.06. The number of hydrogen-bond acceptors (Lipinski definition) is 6. The van der Waals surface area contributed by atoms with Gasteiger partial charge in [-0.1, -0.05) is 31.2 Å². The molecule has 0 saturated heterocycles. The highest BCUT2D eigenvalue weighted by Crippen LogP contribution is 2.32. The average Bonchev–Trinajstić information content (AvgIpc) is 2.76. The number of non-ortho nitro benzene ring substituents is 1. The molecule has 1 aliphatic rings. The largest absolute Gasteiger partial charge is 0.452 e. The van der Waals surface area contributed by atoms with Crippen LogP contribution in [0, 0.1) is 16.0 Å². The highest BCUT2D eigenvalue weighted by molar-refractivity contribution is 6.06. The van der Waals surface area contributed by atoms with Gasteiger partial charge in [0.15, 0.2) is 6.61 Å². The maximum atomic E-state index is 13.0. The number of benzene rings is 2. The third-order valence-corrected chi connectivity index (χ3v) is 5.38. The molecule has 1 heterocycles. The second-order valence-corrected chi connectivity index (χ2v) is 7.71. The highest BCUT2D eigenvalue weighted by atomic mass is 16.6. The van der Waals surface area contributed by atoms with Crippen molar-refractivity contribution in [2.45, 2.75) is 26.2 Å². The van der Waals surface area contributed by atoms with Gasteiger partial charge in [0.2, 0.25) is 0 Å². The van der Waals surface area contributed by atoms with Gasteiger partial charge in [-0.2, -0.15) is 0 Å². The molecular weight excluding hydrogens is 398 g/mol. The van der Waals surface area contributed by atoms with Crippen LogP contribution >= 0.6 is 0 Å². The topological polar surface area (TPSA) is 111 Å². The molecule has 158 valence electrons. The summed E-state index contributed by atoms with van der Waals surface area (Å²) in [5.74, 6) is -0.716. The van der Waals surface area contributed by atoms with Gasteiger partial charge in [0, 0.05) is 28.9 Å². The summed E-state index contributed by atoms with van der Waals surface area (Å²) >= 11 is 0. The summed E-state index contributed by atoms with van der Waals surface area (Å²) in [7, 11) is 0. The van der Waals surface area contributed by atoms with Crippen molar-refractivity contribution in [3.63, 3.8) is 0 Å². The lowest BCUT2D eigenvalue weighted by molar-refractivity contribution is -0.384. The van der Waals surface area contributed by atoms with Gasteiger partial charge in [0.25, 0.3) is 11.6 Å². The molecule has 1 amide bonds. The Bertz CT molecular complexity index is 1190. The quantitative estimate of drug-likeness (QED) is 0.379. The van der Waals surface area contributed by atoms with Gasteiger partial charge < -0.3 is 10.1 Å². The van der Waals surface area contributed by atoms with Crippen molar-refractivity contribution in [3.05, 3.63) is 75.5 Å². The third-order valence-electron chi connectivity index (χ3n) is 5.38. The molecule has 1 atom stereocenters. The van der Waals surface area contributed by atoms with Crippen LogP contribution in [0.5, 0.6) is 0 Å². The van der Waals surface area contributed by atoms with E-state index in [1.54, 1.807) is 0 Å². The molecule has 2 aromatic carbocycles. The van der Waals surface area contributed by atoms with Crippen molar-refractivity contribution in [1.82, 2.24) is 4.98 Å². The van der Waals surface area contributed by atoms with Crippen molar-refractivity contribution in [3.8, 4) is 0 Å². The Labute approximate surface area is 178 Å². The number of nitrogens with zero attached hydrogens (tertiary/aromatic N) is 2. The summed E-state index contributed by atoms with van der Waals surface area (Å²) in [5, 5.41) is 14.1. The molecule has 0 radical (unpaired) electrons. The van der Waals surface area contributed by atoms with E-state index in [-0.39, 0.29) is 11.4 Å². The van der Waals surface area contributed by atoms with E-state index >= 15 is 0 Å². The number of hydrogen-bond donors (Lipinski definition) is 1. The van der Waals surface area contributed by atoms with Crippen molar-refractivity contribution in [2.24, 2.45) is 5.92 Å². The number of fused-ring (bicyclic) bond motifs is 2. The maximum absolute atomic E-state index is 13.0. The standard InChI is InChI=1S/C23H21N3O5/c1-14-9-10-20-18(11-14)22(17-7-2-3-8-19(17)25-20)23(28)31-13-21(27)24-15-5-4-6-16(12-15)26(29)30/h2-8,12,14H,9-11,13H2,1H3,(H,24,27). The molecular formula is C23H21N3O5. The number of aromatic nitrogens is 1. The molecule has 0 bridgehead atoms. The van der Waals surface area contributed by atoms with Crippen LogP contribution in [0.2, 0.25) is 0 Å². The van der Waals surface area contributed by atoms with Crippen LogP contribution in [0.25, 0.3) is 10.9 Å². The SMILES string of the molecule is CC1CCc2nc3ccccc3c(C(=O)OCC(=O)Nc3cccc([N+](=O)[O-])c3)c2C1. The summed E-state index contributed by atoms with van der Waals surface area (Å²) in [6.45, 7) is 1.64. The fourth-order valence-electron chi connectivity index (χ4n) is 3.89. The van der Waals surface area contributed by atoms with Crippen LogP contribution in [-0.4, -0.2) is 28.4 Å². The molecule has 0 saturated carbocycles. The molecule has 0 spiro atoms. The lowest BCUT2D eigenvalue weighted by Gasteiger charge is -2.24. The second-order valence-electron chi connectivity index (χ2n) is 7.71. The summed E-state index contributed by atoms with van der Waals surface area (Å²) in [5.41, 5.74) is 3.11. The van der Waals surface area contributed by atoms with E-state index in [2.05, 4.69) is 12.2 Å². The molecule has 0 fully saturated rings. The minimum Gasteiger partial charge on any atom is -0.452 e. The zero-order chi connectivity index (χ0) is 22.0. The summed E-state index contributed by atoms with van der Waals surface area (Å²) in [4.78, 5) is 40.3. The summed E-state index contributed by atoms with van der Waals surface area (Å²) in [6, 6.07) is 13.0. The van der Waals surface area contributed by atoms with E-state index in [0.717, 1.165) is 36.0 Å². The molecule has 1 aromatic heterocycles. The van der Waals surface area contributed by atoms with Gasteiger partial charge in [-0.15, -0.1) is 0 Å². The monoisotopic (exact) mass is 419 g/mol. The average molecular weight is 419 g/mol. The summed E-state index contributed by atoms with van der Waals surface area (Å²) in [6.07, 6.45) is 2.55. The van der Waals surface area contributed by atoms with Crippen molar-refractivity contribution < 1.29 is 19.2 Å². The Hall–Kier alpha value is -3.81. The van der Waals surface area contributed by atoms with Crippen LogP contribution < -0.4 is 5.32 Å². The Morgan fingerprint density at radius 3 is 2.84 bits per heavy atom. The molecule has 0 aliphatic heterocycles. The van der Waals surface area contributed by atoms with Gasteiger partial charge in [-0.3, -0.25) is 19.9 Å². The molecule has 1 unspecified atom stereocenters. The number of ether oxygens (including phenoxy) is 1. The number of carbonyl (C=O) groups is 2. The van der Waals surface area contributed by atoms with E-state index in [1.807, 2.05) is 24.3 Å². The molecule has 1 N–H and O–H groups in total. The molecule has 3 aromatic rings. The molecule has 8 nitrogen and oxygen atoms in total. The number of esters is 1. The first-order valence-electron chi connectivity index (χ1n) is 10.0. The number of rotatable bonds is 5. The Kier molecular flexibility index (Phi) is 5.62. The molecule has 1 aliphatic carbocycles. The van der Waals surface area contributed by atoms with Crippen molar-refractivity contribution >= 4 is 34.2 Å². The van der Waals surface area contributed by atoms with Crippen LogP contribution in [0.1, 0.15) is 35.0 Å². The molecule has 4 rings (SSSR count). The minimum absolute atomic E-state index is 0.140. The Morgan fingerprint density at radius 1 is 1.23 bits per heavy atom. The number of amides is 1. The number of nitro benzene ring substituents is 1. The smallest absolute Gasteiger partial charge is 0.339 e. The lowest BCUT2D eigenvalue weighted by atomic mass is 9.84. The van der Waals surface area contributed by atoms with E-state index in [9.17, 15) is 19.7 Å². The van der Waals surface area contributed by atoms with Gasteiger partial charge in [-0.05, 0) is 42.9 Å².